The number of benzene rings is 1. The van der Waals surface area contributed by atoms with Gasteiger partial charge in [-0.3, -0.25) is 0 Å². The fourth-order valence-electron chi connectivity index (χ4n) is 1.54. The first-order valence-corrected chi connectivity index (χ1v) is 5.95. The third-order valence-electron chi connectivity index (χ3n) is 2.30. The van der Waals surface area contributed by atoms with Crippen LogP contribution in [0.15, 0.2) is 30.3 Å². The third kappa shape index (κ3) is 2.23. The summed E-state index contributed by atoms with van der Waals surface area (Å²) in [6.07, 6.45) is 0. The summed E-state index contributed by atoms with van der Waals surface area (Å²) in [6.45, 7) is 2.64. The lowest BCUT2D eigenvalue weighted by Gasteiger charge is -2.05. The van der Waals surface area contributed by atoms with E-state index in [-0.39, 0.29) is 0 Å². The molecule has 0 aliphatic carbocycles. The summed E-state index contributed by atoms with van der Waals surface area (Å²) in [5, 5.41) is 0.758. The first kappa shape index (κ1) is 10.7. The third-order valence-corrected chi connectivity index (χ3v) is 3.57. The predicted molar refractivity (Wildman–Crippen MR) is 67.4 cm³/mol. The monoisotopic (exact) mass is 237 g/mol. The molecule has 0 atom stereocenters. The molecule has 2 rings (SSSR count). The van der Waals surface area contributed by atoms with E-state index in [0.29, 0.717) is 6.54 Å². The maximum absolute atomic E-state index is 5.99. The van der Waals surface area contributed by atoms with Gasteiger partial charge in [-0.25, -0.2) is 0 Å². The van der Waals surface area contributed by atoms with Crippen LogP contribution in [-0.2, 0) is 6.54 Å². The molecule has 0 fully saturated rings. The second-order valence-electron chi connectivity index (χ2n) is 3.42. The highest BCUT2D eigenvalue weighted by Gasteiger charge is 2.06. The Kier molecular flexibility index (Phi) is 3.10. The minimum absolute atomic E-state index is 0.545. The van der Waals surface area contributed by atoms with Crippen molar-refractivity contribution in [2.75, 3.05) is 0 Å². The maximum atomic E-state index is 5.99. The molecule has 0 saturated heterocycles. The van der Waals surface area contributed by atoms with Crippen LogP contribution in [0.1, 0.15) is 10.4 Å². The maximum Gasteiger partial charge on any atom is 0.0412 e. The average molecular weight is 238 g/mol. The van der Waals surface area contributed by atoms with Crippen LogP contribution in [-0.4, -0.2) is 0 Å². The van der Waals surface area contributed by atoms with Crippen LogP contribution in [0.2, 0.25) is 5.02 Å². The smallest absolute Gasteiger partial charge is 0.0412 e. The van der Waals surface area contributed by atoms with Crippen LogP contribution in [0.4, 0.5) is 0 Å². The molecule has 1 aromatic carbocycles. The molecule has 0 bridgehead atoms. The van der Waals surface area contributed by atoms with E-state index in [0.717, 1.165) is 16.1 Å². The molecule has 0 saturated carbocycles. The molecule has 3 heteroatoms. The average Bonchev–Trinajstić information content (AvgIpc) is 2.65. The minimum atomic E-state index is 0.545. The highest BCUT2D eigenvalue weighted by Crippen LogP contribution is 2.32. The van der Waals surface area contributed by atoms with E-state index in [1.54, 1.807) is 11.3 Å². The van der Waals surface area contributed by atoms with Gasteiger partial charge < -0.3 is 5.73 Å². The Morgan fingerprint density at radius 2 is 2.07 bits per heavy atom. The number of nitrogens with two attached hydrogens (primary N) is 1. The molecular formula is C12H12ClNS. The van der Waals surface area contributed by atoms with Crippen molar-refractivity contribution in [2.45, 2.75) is 13.5 Å². The number of hydrogen-bond donors (Lipinski definition) is 1. The molecule has 0 aliphatic rings. The van der Waals surface area contributed by atoms with E-state index in [2.05, 4.69) is 19.1 Å². The zero-order valence-electron chi connectivity index (χ0n) is 8.46. The zero-order valence-corrected chi connectivity index (χ0v) is 10.0. The first-order valence-electron chi connectivity index (χ1n) is 4.76. The van der Waals surface area contributed by atoms with Gasteiger partial charge in [0.2, 0.25) is 0 Å². The van der Waals surface area contributed by atoms with Crippen molar-refractivity contribution in [3.8, 4) is 10.4 Å². The molecule has 15 heavy (non-hydrogen) atoms. The zero-order chi connectivity index (χ0) is 10.8. The molecule has 0 spiro atoms. The summed E-state index contributed by atoms with van der Waals surface area (Å²) in [7, 11) is 0. The summed E-state index contributed by atoms with van der Waals surface area (Å²) < 4.78 is 0. The number of halogens is 1. The van der Waals surface area contributed by atoms with Gasteiger partial charge in [-0.2, -0.15) is 0 Å². The van der Waals surface area contributed by atoms with Gasteiger partial charge in [0, 0.05) is 21.3 Å². The van der Waals surface area contributed by atoms with Gasteiger partial charge in [0.05, 0.1) is 0 Å². The van der Waals surface area contributed by atoms with Crippen molar-refractivity contribution in [3.05, 3.63) is 45.8 Å². The topological polar surface area (TPSA) is 26.0 Å². The van der Waals surface area contributed by atoms with Crippen molar-refractivity contribution in [3.63, 3.8) is 0 Å². The van der Waals surface area contributed by atoms with E-state index in [9.17, 15) is 0 Å². The molecular weight excluding hydrogens is 226 g/mol. The predicted octanol–water partition coefficient (Wildman–Crippen LogP) is 3.84. The molecule has 2 aromatic rings. The SMILES string of the molecule is Cc1ccc(-c2cc(Cl)ccc2CN)s1. The Hall–Kier alpha value is -0.830. The molecule has 0 amide bonds. The second kappa shape index (κ2) is 4.35. The van der Waals surface area contributed by atoms with Crippen LogP contribution in [0.5, 0.6) is 0 Å². The summed E-state index contributed by atoms with van der Waals surface area (Å²) in [5.74, 6) is 0. The molecule has 1 nitrogen and oxygen atoms in total. The molecule has 1 heterocycles. The van der Waals surface area contributed by atoms with Crippen molar-refractivity contribution in [2.24, 2.45) is 5.73 Å². The normalized spacial score (nSPS) is 10.6. The van der Waals surface area contributed by atoms with Crippen molar-refractivity contribution in [1.29, 1.82) is 0 Å². The minimum Gasteiger partial charge on any atom is -0.326 e. The summed E-state index contributed by atoms with van der Waals surface area (Å²) in [6, 6.07) is 10.1. The fraction of sp³-hybridized carbons (Fsp3) is 0.167. The van der Waals surface area contributed by atoms with Gasteiger partial charge in [-0.1, -0.05) is 17.7 Å². The van der Waals surface area contributed by atoms with Crippen molar-refractivity contribution < 1.29 is 0 Å². The van der Waals surface area contributed by atoms with Gasteiger partial charge in [0.1, 0.15) is 0 Å². The number of thiophene rings is 1. The van der Waals surface area contributed by atoms with E-state index in [4.69, 9.17) is 17.3 Å². The Morgan fingerprint density at radius 3 is 2.67 bits per heavy atom. The van der Waals surface area contributed by atoms with Crippen LogP contribution >= 0.6 is 22.9 Å². The Bertz CT molecular complexity index is 476. The number of aryl methyl sites for hydroxylation is 1. The molecule has 1 aromatic heterocycles. The molecule has 0 radical (unpaired) electrons. The van der Waals surface area contributed by atoms with E-state index in [1.807, 2.05) is 18.2 Å². The van der Waals surface area contributed by atoms with Gasteiger partial charge in [-0.15, -0.1) is 11.3 Å². The van der Waals surface area contributed by atoms with Gasteiger partial charge in [-0.05, 0) is 42.3 Å². The lowest BCUT2D eigenvalue weighted by molar-refractivity contribution is 1.08. The highest BCUT2D eigenvalue weighted by molar-refractivity contribution is 7.15. The van der Waals surface area contributed by atoms with Gasteiger partial charge in [0.15, 0.2) is 0 Å². The Balaban J connectivity index is 2.55. The van der Waals surface area contributed by atoms with Crippen LogP contribution in [0.3, 0.4) is 0 Å². The largest absolute Gasteiger partial charge is 0.326 e. The molecule has 0 aliphatic heterocycles. The lowest BCUT2D eigenvalue weighted by Crippen LogP contribution is -1.98. The Morgan fingerprint density at radius 1 is 1.27 bits per heavy atom. The standard InChI is InChI=1S/C12H12ClNS/c1-8-2-5-12(15-8)11-6-10(13)4-3-9(11)7-14/h2-6H,7,14H2,1H3. The lowest BCUT2D eigenvalue weighted by atomic mass is 10.1. The Labute approximate surface area is 98.5 Å². The van der Waals surface area contributed by atoms with Crippen molar-refractivity contribution in [1.82, 2.24) is 0 Å². The highest BCUT2D eigenvalue weighted by atomic mass is 35.5. The fourth-order valence-corrected chi connectivity index (χ4v) is 2.63. The quantitative estimate of drug-likeness (QED) is 0.844. The summed E-state index contributed by atoms with van der Waals surface area (Å²) in [4.78, 5) is 2.53. The van der Waals surface area contributed by atoms with Gasteiger partial charge in [0.25, 0.3) is 0 Å². The molecule has 2 N–H and O–H groups in total. The van der Waals surface area contributed by atoms with Gasteiger partial charge >= 0.3 is 0 Å². The number of rotatable bonds is 2. The van der Waals surface area contributed by atoms with Crippen LogP contribution < -0.4 is 5.73 Å². The van der Waals surface area contributed by atoms with E-state index >= 15 is 0 Å². The van der Waals surface area contributed by atoms with Crippen LogP contribution in [0.25, 0.3) is 10.4 Å². The van der Waals surface area contributed by atoms with E-state index in [1.165, 1.54) is 9.75 Å². The van der Waals surface area contributed by atoms with Crippen molar-refractivity contribution >= 4 is 22.9 Å². The second-order valence-corrected chi connectivity index (χ2v) is 5.14. The summed E-state index contributed by atoms with van der Waals surface area (Å²) >= 11 is 7.76. The van der Waals surface area contributed by atoms with E-state index < -0.39 is 0 Å². The molecule has 78 valence electrons. The van der Waals surface area contributed by atoms with Crippen LogP contribution in [0, 0.1) is 6.92 Å². The number of hydrogen-bond acceptors (Lipinski definition) is 2. The summed E-state index contributed by atoms with van der Waals surface area (Å²) in [5.41, 5.74) is 8.00. The first-order chi connectivity index (χ1) is 7.20. The molecule has 0 unspecified atom stereocenters.